The van der Waals surface area contributed by atoms with E-state index in [1.165, 1.54) is 7.11 Å². The Morgan fingerprint density at radius 2 is 1.68 bits per heavy atom. The smallest absolute Gasteiger partial charge is 0.493 e. The molecule has 1 fully saturated rings. The van der Waals surface area contributed by atoms with Gasteiger partial charge >= 0.3 is 7.12 Å². The lowest BCUT2D eigenvalue weighted by atomic mass is 9.79. The molecule has 0 spiro atoms. The number of halogens is 2. The molecular weight excluding hydrogens is 293 g/mol. The summed E-state index contributed by atoms with van der Waals surface area (Å²) in [6.45, 7) is 7.18. The third kappa shape index (κ3) is 3.36. The van der Waals surface area contributed by atoms with Crippen molar-refractivity contribution in [1.82, 2.24) is 0 Å². The second-order valence-corrected chi connectivity index (χ2v) is 6.20. The van der Waals surface area contributed by atoms with Crippen molar-refractivity contribution in [3.05, 3.63) is 18.2 Å². The minimum absolute atomic E-state index is 0.267. The molecule has 0 amide bonds. The summed E-state index contributed by atoms with van der Waals surface area (Å²) in [6, 6.07) is 5.00. The van der Waals surface area contributed by atoms with E-state index >= 15 is 0 Å². The fraction of sp³-hybridized carbons (Fsp3) is 0.600. The normalized spacial score (nSPS) is 19.5. The van der Waals surface area contributed by atoms with Crippen LogP contribution in [0.4, 0.5) is 8.78 Å². The average molecular weight is 314 g/mol. The van der Waals surface area contributed by atoms with Crippen molar-refractivity contribution >= 4 is 12.6 Å². The first-order chi connectivity index (χ1) is 10.2. The van der Waals surface area contributed by atoms with Gasteiger partial charge in [0.25, 0.3) is 6.43 Å². The van der Waals surface area contributed by atoms with Crippen molar-refractivity contribution in [3.63, 3.8) is 0 Å². The van der Waals surface area contributed by atoms with Gasteiger partial charge in [-0.25, -0.2) is 8.78 Å². The van der Waals surface area contributed by atoms with Crippen LogP contribution in [0.1, 0.15) is 27.7 Å². The summed E-state index contributed by atoms with van der Waals surface area (Å²) in [7, 11) is 0.918. The molecule has 22 heavy (non-hydrogen) atoms. The highest BCUT2D eigenvalue weighted by Crippen LogP contribution is 2.37. The third-order valence-corrected chi connectivity index (χ3v) is 4.08. The Hall–Kier alpha value is -1.34. The van der Waals surface area contributed by atoms with Gasteiger partial charge in [-0.15, -0.1) is 0 Å². The molecule has 1 aromatic rings. The molecular formula is C15H21BF2O4. The number of alkyl halides is 2. The van der Waals surface area contributed by atoms with E-state index in [0.29, 0.717) is 5.75 Å². The number of hydrogen-bond acceptors (Lipinski definition) is 4. The van der Waals surface area contributed by atoms with Crippen LogP contribution >= 0.6 is 0 Å². The predicted octanol–water partition coefficient (Wildman–Crippen LogP) is 2.64. The molecule has 0 aliphatic carbocycles. The van der Waals surface area contributed by atoms with Crippen LogP contribution in [0.15, 0.2) is 18.2 Å². The van der Waals surface area contributed by atoms with Crippen LogP contribution in [-0.4, -0.2) is 38.5 Å². The first-order valence-corrected chi connectivity index (χ1v) is 7.11. The molecule has 1 saturated heterocycles. The van der Waals surface area contributed by atoms with Crippen LogP contribution in [0.25, 0.3) is 0 Å². The van der Waals surface area contributed by atoms with E-state index in [9.17, 15) is 8.78 Å². The number of benzene rings is 1. The molecule has 122 valence electrons. The number of hydrogen-bond donors (Lipinski definition) is 0. The second-order valence-electron chi connectivity index (χ2n) is 6.20. The van der Waals surface area contributed by atoms with Gasteiger partial charge in [-0.3, -0.25) is 0 Å². The van der Waals surface area contributed by atoms with Gasteiger partial charge in [0.05, 0.1) is 18.3 Å². The molecule has 2 rings (SSSR count). The largest absolute Gasteiger partial charge is 0.494 e. The highest BCUT2D eigenvalue weighted by atomic mass is 19.3. The summed E-state index contributed by atoms with van der Waals surface area (Å²) in [6.07, 6.45) is -2.53. The first-order valence-electron chi connectivity index (χ1n) is 7.11. The van der Waals surface area contributed by atoms with Gasteiger partial charge in [0.2, 0.25) is 0 Å². The fourth-order valence-corrected chi connectivity index (χ4v) is 2.08. The van der Waals surface area contributed by atoms with Gasteiger partial charge in [-0.1, -0.05) is 6.07 Å². The van der Waals surface area contributed by atoms with E-state index in [1.807, 2.05) is 27.7 Å². The van der Waals surface area contributed by atoms with Crippen molar-refractivity contribution in [2.45, 2.75) is 45.3 Å². The van der Waals surface area contributed by atoms with Crippen LogP contribution in [0.3, 0.4) is 0 Å². The molecule has 1 aliphatic rings. The minimum atomic E-state index is -2.53. The first kappa shape index (κ1) is 17.0. The molecule has 1 aliphatic heterocycles. The highest BCUT2D eigenvalue weighted by molar-refractivity contribution is 6.62. The Balaban J connectivity index is 2.20. The number of methoxy groups -OCH3 is 1. The number of rotatable bonds is 5. The lowest BCUT2D eigenvalue weighted by Gasteiger charge is -2.32. The lowest BCUT2D eigenvalue weighted by Crippen LogP contribution is -2.41. The standard InChI is InChI=1S/C15H21BF2O4/c1-14(2)15(3,4)22-16(21-14)10-6-7-11(12(8-10)19-5)20-9-13(17)18/h6-8,13H,9H2,1-5H3. The Morgan fingerprint density at radius 1 is 1.09 bits per heavy atom. The van der Waals surface area contributed by atoms with E-state index in [4.69, 9.17) is 18.8 Å². The van der Waals surface area contributed by atoms with Crippen LogP contribution in [-0.2, 0) is 9.31 Å². The Labute approximate surface area is 129 Å². The quantitative estimate of drug-likeness (QED) is 0.783. The molecule has 0 unspecified atom stereocenters. The highest BCUT2D eigenvalue weighted by Gasteiger charge is 2.51. The lowest BCUT2D eigenvalue weighted by molar-refractivity contribution is 0.00578. The number of ether oxygens (including phenoxy) is 2. The van der Waals surface area contributed by atoms with Crippen LogP contribution in [0, 0.1) is 0 Å². The average Bonchev–Trinajstić information content (AvgIpc) is 2.65. The van der Waals surface area contributed by atoms with Gasteiger partial charge in [0.15, 0.2) is 11.5 Å². The van der Waals surface area contributed by atoms with Crippen molar-refractivity contribution in [2.75, 3.05) is 13.7 Å². The van der Waals surface area contributed by atoms with E-state index in [2.05, 4.69) is 0 Å². The zero-order chi connectivity index (χ0) is 16.5. The fourth-order valence-electron chi connectivity index (χ4n) is 2.08. The van der Waals surface area contributed by atoms with Crippen LogP contribution < -0.4 is 14.9 Å². The predicted molar refractivity (Wildman–Crippen MR) is 80.2 cm³/mol. The molecule has 1 aromatic carbocycles. The Morgan fingerprint density at radius 3 is 2.18 bits per heavy atom. The molecule has 4 nitrogen and oxygen atoms in total. The zero-order valence-corrected chi connectivity index (χ0v) is 13.5. The summed E-state index contributed by atoms with van der Waals surface area (Å²) in [4.78, 5) is 0. The van der Waals surface area contributed by atoms with E-state index in [0.717, 1.165) is 5.46 Å². The van der Waals surface area contributed by atoms with Crippen molar-refractivity contribution in [1.29, 1.82) is 0 Å². The second kappa shape index (κ2) is 6.04. The monoisotopic (exact) mass is 314 g/mol. The summed E-state index contributed by atoms with van der Waals surface area (Å²) in [5.74, 6) is 0.635. The molecule has 0 atom stereocenters. The van der Waals surface area contributed by atoms with Crippen LogP contribution in [0.2, 0.25) is 0 Å². The van der Waals surface area contributed by atoms with Crippen molar-refractivity contribution in [2.24, 2.45) is 0 Å². The third-order valence-electron chi connectivity index (χ3n) is 4.08. The van der Waals surface area contributed by atoms with Crippen molar-refractivity contribution < 1.29 is 27.6 Å². The van der Waals surface area contributed by atoms with Crippen molar-refractivity contribution in [3.8, 4) is 11.5 Å². The Kier molecular flexibility index (Phi) is 4.68. The van der Waals surface area contributed by atoms with Gasteiger partial charge in [-0.2, -0.15) is 0 Å². The molecule has 0 N–H and O–H groups in total. The molecule has 0 radical (unpaired) electrons. The van der Waals surface area contributed by atoms with E-state index in [1.54, 1.807) is 18.2 Å². The summed E-state index contributed by atoms with van der Waals surface area (Å²) in [5, 5.41) is 0. The molecule has 1 heterocycles. The van der Waals surface area contributed by atoms with Gasteiger partial charge < -0.3 is 18.8 Å². The topological polar surface area (TPSA) is 36.9 Å². The van der Waals surface area contributed by atoms with Crippen LogP contribution in [0.5, 0.6) is 11.5 Å². The maximum Gasteiger partial charge on any atom is 0.494 e. The zero-order valence-electron chi connectivity index (χ0n) is 13.5. The van der Waals surface area contributed by atoms with E-state index in [-0.39, 0.29) is 5.75 Å². The Bertz CT molecular complexity index is 518. The van der Waals surface area contributed by atoms with Gasteiger partial charge in [0.1, 0.15) is 6.61 Å². The minimum Gasteiger partial charge on any atom is -0.493 e. The molecule has 0 aromatic heterocycles. The molecule has 0 bridgehead atoms. The summed E-state index contributed by atoms with van der Waals surface area (Å²) in [5.41, 5.74) is -0.147. The molecule has 7 heteroatoms. The molecule has 0 saturated carbocycles. The van der Waals surface area contributed by atoms with E-state index < -0.39 is 31.4 Å². The SMILES string of the molecule is COc1cc(B2OC(C)(C)C(C)(C)O2)ccc1OCC(F)F. The summed E-state index contributed by atoms with van der Waals surface area (Å²) >= 11 is 0. The maximum atomic E-state index is 12.2. The summed E-state index contributed by atoms with van der Waals surface area (Å²) < 4.78 is 46.6. The maximum absolute atomic E-state index is 12.2. The van der Waals surface area contributed by atoms with Gasteiger partial charge in [-0.05, 0) is 45.3 Å². The van der Waals surface area contributed by atoms with Gasteiger partial charge in [0, 0.05) is 0 Å².